The molecule has 0 aromatic heterocycles. The van der Waals surface area contributed by atoms with E-state index in [-0.39, 0.29) is 5.82 Å². The van der Waals surface area contributed by atoms with Crippen LogP contribution in [-0.4, -0.2) is 32.7 Å². The maximum atomic E-state index is 12.8. The minimum atomic E-state index is -0.180. The van der Waals surface area contributed by atoms with Gasteiger partial charge >= 0.3 is 0 Å². The number of quaternary nitrogens is 1. The summed E-state index contributed by atoms with van der Waals surface area (Å²) in [5.41, 5.74) is 1.10. The van der Waals surface area contributed by atoms with Crippen LogP contribution in [0.3, 0.4) is 0 Å². The second-order valence-corrected chi connectivity index (χ2v) is 4.09. The molecule has 0 spiro atoms. The van der Waals surface area contributed by atoms with E-state index in [1.165, 1.54) is 17.0 Å². The summed E-state index contributed by atoms with van der Waals surface area (Å²) in [5.74, 6) is 2.51. The molecule has 0 unspecified atom stereocenters. The summed E-state index contributed by atoms with van der Waals surface area (Å²) < 4.78 is 12.8. The predicted octanol–water partition coefficient (Wildman–Crippen LogP) is 0.164. The third-order valence-electron chi connectivity index (χ3n) is 3.01. The topological polar surface area (TPSA) is 7.68 Å². The molecule has 1 saturated heterocycles. The van der Waals surface area contributed by atoms with E-state index in [4.69, 9.17) is 6.42 Å². The molecule has 1 aromatic rings. The van der Waals surface area contributed by atoms with Crippen molar-refractivity contribution in [2.24, 2.45) is 0 Å². The van der Waals surface area contributed by atoms with Gasteiger partial charge in [0.25, 0.3) is 0 Å². The maximum absolute atomic E-state index is 12.8. The molecule has 0 radical (unpaired) electrons. The Balaban J connectivity index is 1.94. The van der Waals surface area contributed by atoms with Crippen molar-refractivity contribution in [3.8, 4) is 12.3 Å². The number of anilines is 1. The van der Waals surface area contributed by atoms with Crippen LogP contribution >= 0.6 is 0 Å². The van der Waals surface area contributed by atoms with Crippen molar-refractivity contribution in [3.63, 3.8) is 0 Å². The van der Waals surface area contributed by atoms with Gasteiger partial charge in [-0.15, -0.1) is 6.42 Å². The molecule has 0 atom stereocenters. The normalized spacial score (nSPS) is 17.1. The zero-order valence-corrected chi connectivity index (χ0v) is 9.25. The minimum Gasteiger partial charge on any atom is -0.360 e. The third-order valence-corrected chi connectivity index (χ3v) is 3.01. The van der Waals surface area contributed by atoms with E-state index in [1.54, 1.807) is 0 Å². The Kier molecular flexibility index (Phi) is 3.43. The van der Waals surface area contributed by atoms with Crippen molar-refractivity contribution in [1.82, 2.24) is 0 Å². The number of nitrogens with one attached hydrogen (secondary N) is 1. The Morgan fingerprint density at radius 1 is 1.25 bits per heavy atom. The van der Waals surface area contributed by atoms with Gasteiger partial charge in [-0.3, -0.25) is 0 Å². The molecular formula is C13H16FN2+. The number of hydrogen-bond acceptors (Lipinski definition) is 1. The summed E-state index contributed by atoms with van der Waals surface area (Å²) in [6, 6.07) is 6.69. The number of nitrogens with zero attached hydrogens (tertiary/aromatic N) is 1. The molecule has 0 saturated carbocycles. The molecule has 2 rings (SSSR count). The summed E-state index contributed by atoms with van der Waals surface area (Å²) in [4.78, 5) is 3.74. The average molecular weight is 219 g/mol. The first-order valence-corrected chi connectivity index (χ1v) is 5.57. The number of terminal acetylenes is 1. The molecule has 0 amide bonds. The number of hydrogen-bond donors (Lipinski definition) is 1. The Labute approximate surface area is 95.7 Å². The van der Waals surface area contributed by atoms with Gasteiger partial charge in [-0.1, -0.05) is 0 Å². The molecule has 1 aliphatic rings. The highest BCUT2D eigenvalue weighted by atomic mass is 19.1. The minimum absolute atomic E-state index is 0.180. The summed E-state index contributed by atoms with van der Waals surface area (Å²) >= 11 is 0. The molecule has 1 aromatic carbocycles. The fraction of sp³-hybridized carbons (Fsp3) is 0.385. The Morgan fingerprint density at radius 2 is 1.88 bits per heavy atom. The van der Waals surface area contributed by atoms with Gasteiger partial charge in [0.15, 0.2) is 0 Å². The van der Waals surface area contributed by atoms with Crippen molar-refractivity contribution >= 4 is 5.69 Å². The molecule has 1 heterocycles. The van der Waals surface area contributed by atoms with Crippen LogP contribution in [0.1, 0.15) is 0 Å². The molecule has 1 aliphatic heterocycles. The first-order valence-electron chi connectivity index (χ1n) is 5.57. The van der Waals surface area contributed by atoms with Crippen LogP contribution in [-0.2, 0) is 0 Å². The van der Waals surface area contributed by atoms with Crippen LogP contribution in [0.2, 0.25) is 0 Å². The average Bonchev–Trinajstić information content (AvgIpc) is 2.32. The van der Waals surface area contributed by atoms with Gasteiger partial charge in [0.05, 0.1) is 26.2 Å². The summed E-state index contributed by atoms with van der Waals surface area (Å²) in [5, 5.41) is 0. The molecule has 2 nitrogen and oxygen atoms in total. The van der Waals surface area contributed by atoms with E-state index < -0.39 is 0 Å². The monoisotopic (exact) mass is 219 g/mol. The fourth-order valence-corrected chi connectivity index (χ4v) is 2.05. The maximum Gasteiger partial charge on any atom is 0.139 e. The van der Waals surface area contributed by atoms with Gasteiger partial charge in [0.1, 0.15) is 12.4 Å². The van der Waals surface area contributed by atoms with Gasteiger partial charge in [0, 0.05) is 5.69 Å². The van der Waals surface area contributed by atoms with E-state index in [2.05, 4.69) is 10.8 Å². The van der Waals surface area contributed by atoms with Crippen LogP contribution < -0.4 is 9.80 Å². The van der Waals surface area contributed by atoms with Crippen LogP contribution in [0.5, 0.6) is 0 Å². The molecule has 0 bridgehead atoms. The molecule has 84 valence electrons. The second kappa shape index (κ2) is 5.00. The zero-order valence-electron chi connectivity index (χ0n) is 9.25. The van der Waals surface area contributed by atoms with Crippen LogP contribution in [0, 0.1) is 18.2 Å². The molecule has 3 heteroatoms. The molecular weight excluding hydrogens is 203 g/mol. The van der Waals surface area contributed by atoms with E-state index in [0.717, 1.165) is 38.4 Å². The van der Waals surface area contributed by atoms with Gasteiger partial charge in [-0.2, -0.15) is 0 Å². The first-order chi connectivity index (χ1) is 7.79. The van der Waals surface area contributed by atoms with E-state index in [0.29, 0.717) is 0 Å². The quantitative estimate of drug-likeness (QED) is 0.696. The van der Waals surface area contributed by atoms with E-state index >= 15 is 0 Å². The number of halogens is 1. The van der Waals surface area contributed by atoms with Crippen molar-refractivity contribution in [3.05, 3.63) is 30.1 Å². The smallest absolute Gasteiger partial charge is 0.139 e. The predicted molar refractivity (Wildman–Crippen MR) is 63.0 cm³/mol. The standard InChI is InChI=1S/C13H15FN2/c1-2-7-15-8-10-16(11-9-15)13-5-3-12(14)4-6-13/h1,3-6H,7-11H2/p+1. The summed E-state index contributed by atoms with van der Waals surface area (Å²) in [6.45, 7) is 4.89. The lowest BCUT2D eigenvalue weighted by molar-refractivity contribution is -0.893. The lowest BCUT2D eigenvalue weighted by Crippen LogP contribution is -3.14. The Hall–Kier alpha value is -1.53. The van der Waals surface area contributed by atoms with Gasteiger partial charge < -0.3 is 9.80 Å². The highest BCUT2D eigenvalue weighted by Gasteiger charge is 2.18. The molecule has 1 fully saturated rings. The SMILES string of the molecule is C#CC[NH+]1CCN(c2ccc(F)cc2)CC1. The van der Waals surface area contributed by atoms with Crippen LogP contribution in [0.4, 0.5) is 10.1 Å². The lowest BCUT2D eigenvalue weighted by Gasteiger charge is -2.32. The first kappa shape index (κ1) is 11.0. The second-order valence-electron chi connectivity index (χ2n) is 4.09. The Bertz CT molecular complexity index is 372. The lowest BCUT2D eigenvalue weighted by atomic mass is 10.2. The highest BCUT2D eigenvalue weighted by Crippen LogP contribution is 2.14. The summed E-state index contributed by atoms with van der Waals surface area (Å²) in [7, 11) is 0. The van der Waals surface area contributed by atoms with Crippen molar-refractivity contribution < 1.29 is 9.29 Å². The van der Waals surface area contributed by atoms with Crippen molar-refractivity contribution in [2.75, 3.05) is 37.6 Å². The molecule has 0 aliphatic carbocycles. The van der Waals surface area contributed by atoms with E-state index in [9.17, 15) is 4.39 Å². The number of piperazine rings is 1. The van der Waals surface area contributed by atoms with Crippen LogP contribution in [0.15, 0.2) is 24.3 Å². The van der Waals surface area contributed by atoms with Gasteiger partial charge in [0.2, 0.25) is 0 Å². The van der Waals surface area contributed by atoms with Gasteiger partial charge in [-0.25, -0.2) is 4.39 Å². The largest absolute Gasteiger partial charge is 0.360 e. The van der Waals surface area contributed by atoms with Crippen LogP contribution in [0.25, 0.3) is 0 Å². The van der Waals surface area contributed by atoms with E-state index in [1.807, 2.05) is 12.1 Å². The molecule has 1 N–H and O–H groups in total. The third kappa shape index (κ3) is 2.53. The number of benzene rings is 1. The highest BCUT2D eigenvalue weighted by molar-refractivity contribution is 5.46. The van der Waals surface area contributed by atoms with Gasteiger partial charge in [-0.05, 0) is 30.2 Å². The zero-order chi connectivity index (χ0) is 11.4. The summed E-state index contributed by atoms with van der Waals surface area (Å²) in [6.07, 6.45) is 5.30. The number of rotatable bonds is 2. The Morgan fingerprint density at radius 3 is 2.44 bits per heavy atom. The van der Waals surface area contributed by atoms with Crippen molar-refractivity contribution in [2.45, 2.75) is 0 Å². The fourth-order valence-electron chi connectivity index (χ4n) is 2.05. The van der Waals surface area contributed by atoms with Crippen molar-refractivity contribution in [1.29, 1.82) is 0 Å². The molecule has 16 heavy (non-hydrogen) atoms.